The fourth-order valence-corrected chi connectivity index (χ4v) is 8.38. The van der Waals surface area contributed by atoms with E-state index < -0.39 is 30.6 Å². The molecule has 4 bridgehead atoms. The van der Waals surface area contributed by atoms with Crippen LogP contribution in [0, 0.1) is 23.2 Å². The topological polar surface area (TPSA) is 69.6 Å². The van der Waals surface area contributed by atoms with Gasteiger partial charge in [-0.2, -0.15) is 13.2 Å². The summed E-state index contributed by atoms with van der Waals surface area (Å²) >= 11 is 0. The molecule has 0 radical (unpaired) electrons. The molecule has 4 saturated carbocycles. The van der Waals surface area contributed by atoms with E-state index in [4.69, 9.17) is 0 Å². The van der Waals surface area contributed by atoms with Gasteiger partial charge in [-0.1, -0.05) is 42.5 Å². The van der Waals surface area contributed by atoms with Crippen LogP contribution in [-0.4, -0.2) is 41.1 Å². The van der Waals surface area contributed by atoms with Crippen molar-refractivity contribution in [2.45, 2.75) is 63.3 Å². The lowest BCUT2D eigenvalue weighted by Gasteiger charge is -2.59. The van der Waals surface area contributed by atoms with Gasteiger partial charge in [-0.05, 0) is 84.5 Å². The van der Waals surface area contributed by atoms with Crippen LogP contribution in [0.2, 0.25) is 0 Å². The van der Waals surface area contributed by atoms with Crippen molar-refractivity contribution in [2.75, 3.05) is 13.1 Å². The minimum absolute atomic E-state index is 0.0209. The van der Waals surface area contributed by atoms with Crippen LogP contribution in [0.3, 0.4) is 0 Å². The number of aliphatic hydroxyl groups excluding tert-OH is 1. The van der Waals surface area contributed by atoms with Crippen LogP contribution < -0.4 is 5.32 Å². The van der Waals surface area contributed by atoms with E-state index in [2.05, 4.69) is 5.32 Å². The summed E-state index contributed by atoms with van der Waals surface area (Å²) in [5.74, 6) is 0.103. The van der Waals surface area contributed by atoms with Gasteiger partial charge in [0.25, 0.3) is 5.91 Å². The average molecular weight is 527 g/mol. The van der Waals surface area contributed by atoms with E-state index in [-0.39, 0.29) is 17.9 Å². The fraction of sp³-hybridized carbons (Fsp3) is 0.533. The molecule has 5 aliphatic rings. The summed E-state index contributed by atoms with van der Waals surface area (Å²) < 4.78 is 39.3. The molecule has 2 aromatic carbocycles. The highest BCUT2D eigenvalue weighted by Crippen LogP contribution is 2.61. The first kappa shape index (κ1) is 25.4. The van der Waals surface area contributed by atoms with Crippen LogP contribution in [0.15, 0.2) is 48.5 Å². The molecule has 4 fully saturated rings. The number of alkyl halides is 3. The van der Waals surface area contributed by atoms with Gasteiger partial charge in [0.2, 0.25) is 5.91 Å². The van der Waals surface area contributed by atoms with E-state index in [1.807, 2.05) is 0 Å². The maximum Gasteiger partial charge on any atom is 0.405 e. The molecule has 0 spiro atoms. The first-order valence-corrected chi connectivity index (χ1v) is 13.6. The maximum atomic E-state index is 14.1. The number of aliphatic hydroxyl groups is 1. The summed E-state index contributed by atoms with van der Waals surface area (Å²) in [6.07, 6.45) is 2.40. The zero-order valence-corrected chi connectivity index (χ0v) is 21.2. The number of amides is 2. The van der Waals surface area contributed by atoms with Crippen LogP contribution in [0.1, 0.15) is 77.5 Å². The monoisotopic (exact) mass is 526 g/mol. The molecule has 1 heterocycles. The molecule has 7 rings (SSSR count). The van der Waals surface area contributed by atoms with Gasteiger partial charge < -0.3 is 15.3 Å². The summed E-state index contributed by atoms with van der Waals surface area (Å²) in [4.78, 5) is 29.4. The van der Waals surface area contributed by atoms with Gasteiger partial charge in [0.15, 0.2) is 0 Å². The lowest BCUT2D eigenvalue weighted by atomic mass is 9.49. The zero-order valence-electron chi connectivity index (χ0n) is 21.2. The molecule has 202 valence electrons. The van der Waals surface area contributed by atoms with Crippen molar-refractivity contribution < 1.29 is 27.9 Å². The van der Waals surface area contributed by atoms with Crippen molar-refractivity contribution in [3.8, 4) is 0 Å². The normalized spacial score (nSPS) is 31.8. The fourth-order valence-electron chi connectivity index (χ4n) is 8.38. The average Bonchev–Trinajstić information content (AvgIpc) is 2.87. The van der Waals surface area contributed by atoms with E-state index in [0.29, 0.717) is 46.6 Å². The molecule has 8 heteroatoms. The summed E-state index contributed by atoms with van der Waals surface area (Å²) in [6.45, 7) is -1.08. The summed E-state index contributed by atoms with van der Waals surface area (Å²) in [5.41, 5.74) is 2.18. The summed E-state index contributed by atoms with van der Waals surface area (Å²) in [6, 6.07) is 13.1. The van der Waals surface area contributed by atoms with Gasteiger partial charge in [-0.3, -0.25) is 9.59 Å². The quantitative estimate of drug-likeness (QED) is 0.533. The number of carbonyl (C=O) groups excluding carboxylic acids is 2. The minimum Gasteiger partial charge on any atom is -0.392 e. The number of benzene rings is 2. The highest BCUT2D eigenvalue weighted by molar-refractivity contribution is 6.01. The lowest BCUT2D eigenvalue weighted by molar-refractivity contribution is -0.140. The number of carbonyl (C=O) groups is 2. The molecular formula is C30H33F3N2O3. The molecule has 5 nitrogen and oxygen atoms in total. The number of hydrogen-bond acceptors (Lipinski definition) is 3. The highest BCUT2D eigenvalue weighted by Gasteiger charge is 2.54. The van der Waals surface area contributed by atoms with Gasteiger partial charge >= 0.3 is 6.18 Å². The van der Waals surface area contributed by atoms with E-state index >= 15 is 0 Å². The Kier molecular flexibility index (Phi) is 6.29. The Morgan fingerprint density at radius 3 is 2.16 bits per heavy atom. The third-order valence-electron chi connectivity index (χ3n) is 9.36. The SMILES string of the molecule is O=C(NCC(F)(F)F)[C@@H]1c2ccccc2C(=O)N(CC23CC4CC(CC(C4)C2)C3)[C@H]1c1ccc(CO)cc1. The van der Waals surface area contributed by atoms with E-state index in [0.717, 1.165) is 19.3 Å². The number of fused-ring (bicyclic) bond motifs is 1. The molecule has 2 atom stereocenters. The van der Waals surface area contributed by atoms with Gasteiger partial charge in [0.05, 0.1) is 18.6 Å². The second-order valence-corrected chi connectivity index (χ2v) is 12.1. The first-order valence-electron chi connectivity index (χ1n) is 13.6. The predicted octanol–water partition coefficient (Wildman–Crippen LogP) is 5.35. The molecule has 2 N–H and O–H groups in total. The van der Waals surface area contributed by atoms with Crippen molar-refractivity contribution in [3.05, 3.63) is 70.8 Å². The summed E-state index contributed by atoms with van der Waals surface area (Å²) in [5, 5.41) is 11.7. The Balaban J connectivity index is 1.43. The Bertz CT molecular complexity index is 1190. The largest absolute Gasteiger partial charge is 0.405 e. The number of nitrogens with zero attached hydrogens (tertiary/aromatic N) is 1. The van der Waals surface area contributed by atoms with Crippen molar-refractivity contribution in [1.82, 2.24) is 10.2 Å². The van der Waals surface area contributed by atoms with Crippen LogP contribution in [0.4, 0.5) is 13.2 Å². The molecule has 2 amide bonds. The van der Waals surface area contributed by atoms with Crippen molar-refractivity contribution in [1.29, 1.82) is 0 Å². The zero-order chi connectivity index (χ0) is 26.7. The molecule has 0 unspecified atom stereocenters. The van der Waals surface area contributed by atoms with E-state index in [1.165, 1.54) is 19.3 Å². The highest BCUT2D eigenvalue weighted by atomic mass is 19.4. The Morgan fingerprint density at radius 1 is 0.974 bits per heavy atom. The van der Waals surface area contributed by atoms with Gasteiger partial charge in [-0.25, -0.2) is 0 Å². The second kappa shape index (κ2) is 9.40. The van der Waals surface area contributed by atoms with Gasteiger partial charge in [0, 0.05) is 12.1 Å². The smallest absolute Gasteiger partial charge is 0.392 e. The molecule has 38 heavy (non-hydrogen) atoms. The molecule has 0 aromatic heterocycles. The standard InChI is InChI=1S/C30H33F3N2O3/c31-30(32,33)16-34-27(37)25-23-3-1-2-4-24(23)28(38)35(26(25)22-7-5-18(15-36)6-8-22)17-29-12-19-9-20(13-29)11-21(10-19)14-29/h1-8,19-21,25-26,36H,9-17H2,(H,34,37)/t19?,20?,21?,25-,26+,29?/m1/s1. The van der Waals surface area contributed by atoms with Crippen LogP contribution in [-0.2, 0) is 11.4 Å². The van der Waals surface area contributed by atoms with E-state index in [1.54, 1.807) is 53.4 Å². The predicted molar refractivity (Wildman–Crippen MR) is 135 cm³/mol. The van der Waals surface area contributed by atoms with Crippen molar-refractivity contribution in [3.63, 3.8) is 0 Å². The van der Waals surface area contributed by atoms with Crippen molar-refractivity contribution >= 4 is 11.8 Å². The number of rotatable bonds is 6. The van der Waals surface area contributed by atoms with Crippen LogP contribution >= 0.6 is 0 Å². The number of halogens is 3. The van der Waals surface area contributed by atoms with Crippen molar-refractivity contribution in [2.24, 2.45) is 23.2 Å². The molecular weight excluding hydrogens is 493 g/mol. The first-order chi connectivity index (χ1) is 18.1. The van der Waals surface area contributed by atoms with Gasteiger partial charge in [-0.15, -0.1) is 0 Å². The number of hydrogen-bond donors (Lipinski definition) is 2. The van der Waals surface area contributed by atoms with Crippen LogP contribution in [0.5, 0.6) is 0 Å². The molecule has 0 saturated heterocycles. The molecule has 1 aliphatic heterocycles. The molecule has 2 aromatic rings. The number of nitrogens with one attached hydrogen (secondary N) is 1. The molecule has 4 aliphatic carbocycles. The maximum absolute atomic E-state index is 14.1. The Labute approximate surface area is 220 Å². The Morgan fingerprint density at radius 2 is 1.58 bits per heavy atom. The lowest BCUT2D eigenvalue weighted by Crippen LogP contribution is -2.55. The Hall–Kier alpha value is -2.87. The van der Waals surface area contributed by atoms with Gasteiger partial charge in [0.1, 0.15) is 6.54 Å². The van der Waals surface area contributed by atoms with Crippen LogP contribution in [0.25, 0.3) is 0 Å². The second-order valence-electron chi connectivity index (χ2n) is 12.1. The van der Waals surface area contributed by atoms with E-state index in [9.17, 15) is 27.9 Å². The third-order valence-corrected chi connectivity index (χ3v) is 9.36. The summed E-state index contributed by atoms with van der Waals surface area (Å²) in [7, 11) is 0. The minimum atomic E-state index is -4.54. The third kappa shape index (κ3) is 4.61.